The van der Waals surface area contributed by atoms with Crippen molar-refractivity contribution in [3.63, 3.8) is 0 Å². The second-order valence-corrected chi connectivity index (χ2v) is 7.35. The zero-order chi connectivity index (χ0) is 20.5. The van der Waals surface area contributed by atoms with Crippen molar-refractivity contribution >= 4 is 11.6 Å². The minimum absolute atomic E-state index is 0.107. The van der Waals surface area contributed by atoms with Crippen LogP contribution in [0.2, 0.25) is 0 Å². The summed E-state index contributed by atoms with van der Waals surface area (Å²) in [7, 11) is 1.45. The maximum atomic E-state index is 13.0. The molecule has 0 saturated heterocycles. The molecule has 0 aliphatic heterocycles. The van der Waals surface area contributed by atoms with Crippen molar-refractivity contribution < 1.29 is 37.3 Å². The van der Waals surface area contributed by atoms with E-state index in [0.717, 1.165) is 18.9 Å². The van der Waals surface area contributed by atoms with Crippen molar-refractivity contribution in [1.82, 2.24) is 4.98 Å². The first kappa shape index (κ1) is 20.9. The molecule has 1 N–H and O–H groups in total. The second kappa shape index (κ2) is 7.88. The first-order chi connectivity index (χ1) is 13.2. The largest absolute Gasteiger partial charge is 0.433 e. The number of nitrogens with zero attached hydrogens (tertiary/aromatic N) is 1. The van der Waals surface area contributed by atoms with Crippen LogP contribution in [0.4, 0.5) is 13.2 Å². The highest BCUT2D eigenvalue weighted by Crippen LogP contribution is 2.57. The zero-order valence-electron chi connectivity index (χ0n) is 15.4. The number of ether oxygens (including phenoxy) is 2. The molecule has 1 aromatic heterocycles. The van der Waals surface area contributed by atoms with Gasteiger partial charge in [0.15, 0.2) is 5.78 Å². The number of Topliss-reactive ketones (excluding diaryl/α,β-unsaturated/α-hetero) is 2. The topological polar surface area (TPSA) is 85.7 Å². The molecule has 9 heteroatoms. The summed E-state index contributed by atoms with van der Waals surface area (Å²) >= 11 is 0. The molecule has 3 rings (SSSR count). The summed E-state index contributed by atoms with van der Waals surface area (Å²) in [6, 6.07) is 1.72. The number of pyridine rings is 1. The molecule has 2 aliphatic carbocycles. The van der Waals surface area contributed by atoms with Gasteiger partial charge in [0.1, 0.15) is 17.4 Å². The molecule has 2 aliphatic rings. The van der Waals surface area contributed by atoms with E-state index in [4.69, 9.17) is 9.47 Å². The number of carbonyl (C=O) groups is 2. The summed E-state index contributed by atoms with van der Waals surface area (Å²) in [5.41, 5.74) is -1.89. The van der Waals surface area contributed by atoms with Gasteiger partial charge in [0.05, 0.1) is 31.6 Å². The van der Waals surface area contributed by atoms with Crippen LogP contribution in [-0.2, 0) is 27.1 Å². The molecule has 28 heavy (non-hydrogen) atoms. The van der Waals surface area contributed by atoms with Crippen molar-refractivity contribution in [3.05, 3.63) is 29.1 Å². The molecule has 2 atom stereocenters. The lowest BCUT2D eigenvalue weighted by Crippen LogP contribution is -2.45. The lowest BCUT2D eigenvalue weighted by Gasteiger charge is -2.33. The molecule has 0 radical (unpaired) electrons. The fraction of sp³-hybridized carbons (Fsp3) is 0.632. The summed E-state index contributed by atoms with van der Waals surface area (Å²) in [6.45, 7) is -0.00274. The predicted molar refractivity (Wildman–Crippen MR) is 90.5 cm³/mol. The number of ketones is 2. The average Bonchev–Trinajstić information content (AvgIpc) is 3.42. The number of methoxy groups -OCH3 is 1. The van der Waals surface area contributed by atoms with Gasteiger partial charge in [-0.05, 0) is 36.8 Å². The van der Waals surface area contributed by atoms with Crippen LogP contribution in [-0.4, -0.2) is 48.1 Å². The Balaban J connectivity index is 1.90. The smallest absolute Gasteiger partial charge is 0.391 e. The first-order valence-electron chi connectivity index (χ1n) is 9.08. The Bertz CT molecular complexity index is 760. The highest BCUT2D eigenvalue weighted by molar-refractivity contribution is 6.12. The fourth-order valence-electron chi connectivity index (χ4n) is 3.67. The van der Waals surface area contributed by atoms with Gasteiger partial charge in [-0.15, -0.1) is 0 Å². The molecule has 0 amide bonds. The highest BCUT2D eigenvalue weighted by Gasteiger charge is 2.57. The number of rotatable bonds is 7. The van der Waals surface area contributed by atoms with Crippen LogP contribution in [0.1, 0.15) is 47.4 Å². The van der Waals surface area contributed by atoms with Crippen molar-refractivity contribution in [3.8, 4) is 0 Å². The summed E-state index contributed by atoms with van der Waals surface area (Å²) in [6.07, 6.45) is -3.60. The van der Waals surface area contributed by atoms with Crippen LogP contribution in [0, 0.1) is 11.3 Å². The van der Waals surface area contributed by atoms with Gasteiger partial charge in [0, 0.05) is 19.1 Å². The van der Waals surface area contributed by atoms with E-state index in [1.54, 1.807) is 0 Å². The van der Waals surface area contributed by atoms with E-state index >= 15 is 0 Å². The summed E-state index contributed by atoms with van der Waals surface area (Å²) in [5.74, 6) is -2.36. The normalized spacial score (nSPS) is 23.8. The van der Waals surface area contributed by atoms with Crippen molar-refractivity contribution in [1.29, 1.82) is 0 Å². The number of halogens is 3. The molecule has 1 heterocycles. The van der Waals surface area contributed by atoms with Crippen LogP contribution in [0.3, 0.4) is 0 Å². The van der Waals surface area contributed by atoms with Crippen molar-refractivity contribution in [2.45, 2.75) is 44.6 Å². The average molecular weight is 401 g/mol. The van der Waals surface area contributed by atoms with Gasteiger partial charge in [-0.3, -0.25) is 9.59 Å². The van der Waals surface area contributed by atoms with Crippen LogP contribution in [0.5, 0.6) is 0 Å². The van der Waals surface area contributed by atoms with E-state index in [2.05, 4.69) is 4.98 Å². The maximum absolute atomic E-state index is 13.0. The van der Waals surface area contributed by atoms with E-state index < -0.39 is 35.1 Å². The van der Waals surface area contributed by atoms with Crippen molar-refractivity contribution in [2.24, 2.45) is 11.3 Å². The minimum atomic E-state index is -4.68. The fourth-order valence-corrected chi connectivity index (χ4v) is 3.67. The van der Waals surface area contributed by atoms with E-state index in [-0.39, 0.29) is 43.3 Å². The van der Waals surface area contributed by atoms with Crippen LogP contribution >= 0.6 is 0 Å². The van der Waals surface area contributed by atoms with Crippen molar-refractivity contribution in [2.75, 3.05) is 20.3 Å². The van der Waals surface area contributed by atoms with Gasteiger partial charge >= 0.3 is 6.18 Å². The van der Waals surface area contributed by atoms with E-state index in [1.807, 2.05) is 0 Å². The predicted octanol–water partition coefficient (Wildman–Crippen LogP) is 2.57. The molecule has 154 valence electrons. The molecule has 0 bridgehead atoms. The number of carbonyl (C=O) groups excluding carboxylic acids is 2. The number of hydrogen-bond acceptors (Lipinski definition) is 6. The third kappa shape index (κ3) is 4.11. The maximum Gasteiger partial charge on any atom is 0.433 e. The van der Waals surface area contributed by atoms with Crippen LogP contribution in [0.25, 0.3) is 0 Å². The number of aliphatic hydroxyl groups is 1. The molecule has 6 nitrogen and oxygen atoms in total. The second-order valence-electron chi connectivity index (χ2n) is 7.35. The molecular weight excluding hydrogens is 379 g/mol. The Hall–Kier alpha value is -1.84. The van der Waals surface area contributed by atoms with Crippen LogP contribution < -0.4 is 0 Å². The van der Waals surface area contributed by atoms with Crippen LogP contribution in [0.15, 0.2) is 12.1 Å². The third-order valence-corrected chi connectivity index (χ3v) is 5.53. The highest BCUT2D eigenvalue weighted by atomic mass is 19.4. The van der Waals surface area contributed by atoms with Gasteiger partial charge in [-0.25, -0.2) is 4.98 Å². The zero-order valence-corrected chi connectivity index (χ0v) is 15.4. The van der Waals surface area contributed by atoms with Gasteiger partial charge in [-0.1, -0.05) is 0 Å². The molecule has 0 aromatic carbocycles. The molecule has 1 spiro atoms. The standard InChI is InChI=1S/C19H22F3NO5/c1-27-8-9-28-10-12-11(2-3-14(23-12)19(20,21)22)16(25)15-13(24)4-5-18(6-7-18)17(15)26/h2-3,15,17,26H,4-10H2,1H3. The van der Waals surface area contributed by atoms with Gasteiger partial charge in [-0.2, -0.15) is 13.2 Å². The summed E-state index contributed by atoms with van der Waals surface area (Å²) in [4.78, 5) is 28.9. The Morgan fingerprint density at radius 3 is 2.61 bits per heavy atom. The lowest BCUT2D eigenvalue weighted by atomic mass is 9.72. The van der Waals surface area contributed by atoms with E-state index in [9.17, 15) is 27.9 Å². The Labute approximate surface area is 160 Å². The van der Waals surface area contributed by atoms with Gasteiger partial charge in [0.25, 0.3) is 0 Å². The van der Waals surface area contributed by atoms with E-state index in [1.165, 1.54) is 7.11 Å². The molecule has 1 aromatic rings. The minimum Gasteiger partial charge on any atom is -0.391 e. The lowest BCUT2D eigenvalue weighted by molar-refractivity contribution is -0.141. The molecule has 2 unspecified atom stereocenters. The third-order valence-electron chi connectivity index (χ3n) is 5.53. The monoisotopic (exact) mass is 401 g/mol. The summed E-state index contributed by atoms with van der Waals surface area (Å²) in [5, 5.41) is 10.6. The Kier molecular flexibility index (Phi) is 5.88. The number of alkyl halides is 3. The Morgan fingerprint density at radius 1 is 1.29 bits per heavy atom. The summed E-state index contributed by atoms with van der Waals surface area (Å²) < 4.78 is 49.2. The van der Waals surface area contributed by atoms with Gasteiger partial charge in [0.2, 0.25) is 0 Å². The molecule has 2 saturated carbocycles. The number of aromatic nitrogens is 1. The van der Waals surface area contributed by atoms with E-state index in [0.29, 0.717) is 12.5 Å². The van der Waals surface area contributed by atoms with Gasteiger partial charge < -0.3 is 14.6 Å². The first-order valence-corrected chi connectivity index (χ1v) is 9.08. The number of aliphatic hydroxyl groups excluding tert-OH is 1. The Morgan fingerprint density at radius 2 is 2.00 bits per heavy atom. The number of hydrogen-bond donors (Lipinski definition) is 1. The molecule has 2 fully saturated rings. The quantitative estimate of drug-likeness (QED) is 0.429. The molecular formula is C19H22F3NO5. The SMILES string of the molecule is COCCOCc1nc(C(F)(F)F)ccc1C(=O)C1C(=O)CCC2(CC2)C1O.